The molecule has 0 amide bonds. The largest absolute Gasteiger partial charge is 0.311 e. The molecule has 1 atom stereocenters. The summed E-state index contributed by atoms with van der Waals surface area (Å²) in [4.78, 5) is 2.65. The van der Waals surface area contributed by atoms with Crippen LogP contribution < -0.4 is 5.32 Å². The van der Waals surface area contributed by atoms with Gasteiger partial charge in [-0.3, -0.25) is 4.90 Å². The normalized spacial score (nSPS) is 26.2. The molecular weight excluding hydrogens is 251 g/mol. The summed E-state index contributed by atoms with van der Waals surface area (Å²) in [6.07, 6.45) is 5.28. The van der Waals surface area contributed by atoms with Gasteiger partial charge in [0.05, 0.1) is 0 Å². The molecule has 1 N–H and O–H groups in total. The standard InChI is InChI=1S/C17H25FN2/c1-13-9-16(18)6-5-15(13)11-20-10-14(2)19-12-17(20)7-3-4-8-17/h5-6,9,14,19H,3-4,7-8,10-12H2,1-2H3. The maximum absolute atomic E-state index is 13.3. The summed E-state index contributed by atoms with van der Waals surface area (Å²) < 4.78 is 13.3. The van der Waals surface area contributed by atoms with Crippen LogP contribution in [0.5, 0.6) is 0 Å². The second-order valence-corrected chi connectivity index (χ2v) is 6.66. The van der Waals surface area contributed by atoms with Gasteiger partial charge in [0.1, 0.15) is 5.82 Å². The lowest BCUT2D eigenvalue weighted by Crippen LogP contribution is -2.62. The van der Waals surface area contributed by atoms with Crippen LogP contribution in [0, 0.1) is 12.7 Å². The molecule has 1 aliphatic heterocycles. The van der Waals surface area contributed by atoms with Crippen LogP contribution >= 0.6 is 0 Å². The molecule has 0 aromatic heterocycles. The van der Waals surface area contributed by atoms with Crippen LogP contribution in [0.3, 0.4) is 0 Å². The molecule has 1 heterocycles. The summed E-state index contributed by atoms with van der Waals surface area (Å²) in [5.74, 6) is -0.129. The van der Waals surface area contributed by atoms with E-state index < -0.39 is 0 Å². The van der Waals surface area contributed by atoms with Gasteiger partial charge in [0.2, 0.25) is 0 Å². The van der Waals surface area contributed by atoms with Crippen LogP contribution in [-0.4, -0.2) is 29.6 Å². The van der Waals surface area contributed by atoms with Gasteiger partial charge in [-0.2, -0.15) is 0 Å². The number of hydrogen-bond acceptors (Lipinski definition) is 2. The van der Waals surface area contributed by atoms with E-state index in [1.54, 1.807) is 12.1 Å². The lowest BCUT2D eigenvalue weighted by Gasteiger charge is -2.48. The number of halogens is 1. The minimum Gasteiger partial charge on any atom is -0.311 e. The summed E-state index contributed by atoms with van der Waals surface area (Å²) in [6, 6.07) is 5.75. The Morgan fingerprint density at radius 3 is 2.80 bits per heavy atom. The second kappa shape index (κ2) is 5.45. The second-order valence-electron chi connectivity index (χ2n) is 6.66. The first-order chi connectivity index (χ1) is 9.59. The highest BCUT2D eigenvalue weighted by Gasteiger charge is 2.42. The van der Waals surface area contributed by atoms with Crippen LogP contribution in [0.2, 0.25) is 0 Å². The zero-order valence-corrected chi connectivity index (χ0v) is 12.6. The van der Waals surface area contributed by atoms with Crippen molar-refractivity contribution in [1.82, 2.24) is 10.2 Å². The molecular formula is C17H25FN2. The monoisotopic (exact) mass is 276 g/mol. The molecule has 1 saturated heterocycles. The predicted molar refractivity (Wildman–Crippen MR) is 80.2 cm³/mol. The van der Waals surface area contributed by atoms with E-state index in [2.05, 4.69) is 17.1 Å². The van der Waals surface area contributed by atoms with Crippen LogP contribution in [-0.2, 0) is 6.54 Å². The van der Waals surface area contributed by atoms with Crippen molar-refractivity contribution in [3.05, 3.63) is 35.1 Å². The molecule has 3 heteroatoms. The summed E-state index contributed by atoms with van der Waals surface area (Å²) in [5, 5.41) is 3.65. The average molecular weight is 276 g/mol. The number of benzene rings is 1. The molecule has 1 aromatic rings. The van der Waals surface area contributed by atoms with Crippen molar-refractivity contribution in [3.8, 4) is 0 Å². The summed E-state index contributed by atoms with van der Waals surface area (Å²) in [5.41, 5.74) is 2.68. The highest BCUT2D eigenvalue weighted by Crippen LogP contribution is 2.37. The zero-order valence-electron chi connectivity index (χ0n) is 12.6. The molecule has 2 nitrogen and oxygen atoms in total. The lowest BCUT2D eigenvalue weighted by atomic mass is 9.90. The first-order valence-corrected chi connectivity index (χ1v) is 7.83. The number of nitrogens with one attached hydrogen (secondary N) is 1. The topological polar surface area (TPSA) is 15.3 Å². The molecule has 0 bridgehead atoms. The molecule has 20 heavy (non-hydrogen) atoms. The molecule has 1 saturated carbocycles. The van der Waals surface area contributed by atoms with E-state index in [0.29, 0.717) is 11.6 Å². The van der Waals surface area contributed by atoms with Crippen molar-refractivity contribution >= 4 is 0 Å². The summed E-state index contributed by atoms with van der Waals surface area (Å²) >= 11 is 0. The third-order valence-electron chi connectivity index (χ3n) is 5.14. The van der Waals surface area contributed by atoms with Crippen molar-refractivity contribution < 1.29 is 4.39 Å². The van der Waals surface area contributed by atoms with Gasteiger partial charge in [-0.15, -0.1) is 0 Å². The summed E-state index contributed by atoms with van der Waals surface area (Å²) in [7, 11) is 0. The SMILES string of the molecule is Cc1cc(F)ccc1CN1CC(C)NCC12CCCC2. The fraction of sp³-hybridized carbons (Fsp3) is 0.647. The van der Waals surface area contributed by atoms with Crippen molar-refractivity contribution in [2.75, 3.05) is 13.1 Å². The smallest absolute Gasteiger partial charge is 0.123 e. The molecule has 1 spiro atoms. The van der Waals surface area contributed by atoms with Crippen LogP contribution in [0.4, 0.5) is 4.39 Å². The molecule has 1 aliphatic carbocycles. The van der Waals surface area contributed by atoms with Gasteiger partial charge >= 0.3 is 0 Å². The van der Waals surface area contributed by atoms with Crippen LogP contribution in [0.15, 0.2) is 18.2 Å². The van der Waals surface area contributed by atoms with Gasteiger partial charge in [-0.05, 0) is 49.9 Å². The Bertz CT molecular complexity index is 480. The van der Waals surface area contributed by atoms with Gasteiger partial charge in [-0.25, -0.2) is 4.39 Å². The Hall–Kier alpha value is -0.930. The highest BCUT2D eigenvalue weighted by molar-refractivity contribution is 5.27. The van der Waals surface area contributed by atoms with Gasteiger partial charge < -0.3 is 5.32 Å². The van der Waals surface area contributed by atoms with E-state index in [4.69, 9.17) is 0 Å². The van der Waals surface area contributed by atoms with Gasteiger partial charge in [0.25, 0.3) is 0 Å². The maximum Gasteiger partial charge on any atom is 0.123 e. The van der Waals surface area contributed by atoms with Gasteiger partial charge in [0.15, 0.2) is 0 Å². The maximum atomic E-state index is 13.3. The first-order valence-electron chi connectivity index (χ1n) is 7.83. The van der Waals surface area contributed by atoms with E-state index >= 15 is 0 Å². The summed E-state index contributed by atoms with van der Waals surface area (Å²) in [6.45, 7) is 7.43. The van der Waals surface area contributed by atoms with Crippen LogP contribution in [0.25, 0.3) is 0 Å². The first kappa shape index (κ1) is 14.0. The number of piperazine rings is 1. The average Bonchev–Trinajstić information content (AvgIpc) is 2.87. The number of aryl methyl sites for hydroxylation is 1. The van der Waals surface area contributed by atoms with E-state index in [1.165, 1.54) is 31.2 Å². The van der Waals surface area contributed by atoms with Gasteiger partial charge in [-0.1, -0.05) is 18.9 Å². The third kappa shape index (κ3) is 2.61. The predicted octanol–water partition coefficient (Wildman–Crippen LogP) is 3.24. The Morgan fingerprint density at radius 1 is 1.35 bits per heavy atom. The van der Waals surface area contributed by atoms with Crippen molar-refractivity contribution in [3.63, 3.8) is 0 Å². The van der Waals surface area contributed by atoms with E-state index in [0.717, 1.165) is 25.2 Å². The molecule has 3 rings (SSSR count). The van der Waals surface area contributed by atoms with Crippen molar-refractivity contribution in [2.45, 2.75) is 57.7 Å². The van der Waals surface area contributed by atoms with Crippen molar-refractivity contribution in [1.29, 1.82) is 0 Å². The highest BCUT2D eigenvalue weighted by atomic mass is 19.1. The Labute approximate surface area is 121 Å². The Morgan fingerprint density at radius 2 is 2.10 bits per heavy atom. The van der Waals surface area contributed by atoms with E-state index in [1.807, 2.05) is 13.0 Å². The third-order valence-corrected chi connectivity index (χ3v) is 5.14. The molecule has 1 unspecified atom stereocenters. The van der Waals surface area contributed by atoms with Crippen molar-refractivity contribution in [2.24, 2.45) is 0 Å². The Balaban J connectivity index is 1.82. The van der Waals surface area contributed by atoms with Crippen LogP contribution in [0.1, 0.15) is 43.7 Å². The van der Waals surface area contributed by atoms with Gasteiger partial charge in [0, 0.05) is 31.2 Å². The minimum absolute atomic E-state index is 0.129. The Kier molecular flexibility index (Phi) is 3.83. The van der Waals surface area contributed by atoms with E-state index in [9.17, 15) is 4.39 Å². The molecule has 2 fully saturated rings. The fourth-order valence-corrected chi connectivity index (χ4v) is 3.87. The lowest BCUT2D eigenvalue weighted by molar-refractivity contribution is 0.0391. The molecule has 0 radical (unpaired) electrons. The quantitative estimate of drug-likeness (QED) is 0.892. The molecule has 2 aliphatic rings. The number of nitrogens with zero attached hydrogens (tertiary/aromatic N) is 1. The molecule has 1 aromatic carbocycles. The minimum atomic E-state index is -0.129. The zero-order chi connectivity index (χ0) is 14.2. The van der Waals surface area contributed by atoms with E-state index in [-0.39, 0.29) is 5.82 Å². The molecule has 110 valence electrons. The number of hydrogen-bond donors (Lipinski definition) is 1. The fourth-order valence-electron chi connectivity index (χ4n) is 3.87. The number of rotatable bonds is 2.